The molecular weight excluding hydrogens is 248 g/mol. The molecule has 1 aromatic rings. The summed E-state index contributed by atoms with van der Waals surface area (Å²) in [5, 5.41) is 8.38. The van der Waals surface area contributed by atoms with E-state index in [1.54, 1.807) is 12.1 Å². The lowest BCUT2D eigenvalue weighted by molar-refractivity contribution is 0.527. The summed E-state index contributed by atoms with van der Waals surface area (Å²) in [4.78, 5) is 0.142. The zero-order chi connectivity index (χ0) is 13.8. The number of hydrogen-bond donors (Lipinski definition) is 2. The first kappa shape index (κ1) is 15.0. The highest BCUT2D eigenvalue weighted by Gasteiger charge is 2.08. The van der Waals surface area contributed by atoms with Gasteiger partial charge in [0.2, 0.25) is 10.0 Å². The highest BCUT2D eigenvalue weighted by molar-refractivity contribution is 7.89. The Labute approximate surface area is 110 Å². The van der Waals surface area contributed by atoms with Crippen LogP contribution in [0.1, 0.15) is 33.6 Å². The Bertz CT molecular complexity index is 466. The van der Waals surface area contributed by atoms with E-state index in [1.807, 2.05) is 0 Å². The van der Waals surface area contributed by atoms with Crippen molar-refractivity contribution in [3.8, 4) is 0 Å². The maximum absolute atomic E-state index is 11.1. The van der Waals surface area contributed by atoms with Crippen molar-refractivity contribution < 1.29 is 8.42 Å². The molecule has 3 N–H and O–H groups in total. The monoisotopic (exact) mass is 270 g/mol. The number of sulfonamides is 1. The van der Waals surface area contributed by atoms with Gasteiger partial charge in [0.1, 0.15) is 0 Å². The smallest absolute Gasteiger partial charge is 0.238 e. The molecule has 102 valence electrons. The van der Waals surface area contributed by atoms with Crippen LogP contribution in [-0.2, 0) is 10.0 Å². The molecule has 0 spiro atoms. The zero-order valence-corrected chi connectivity index (χ0v) is 12.0. The highest BCUT2D eigenvalue weighted by Crippen LogP contribution is 2.15. The second-order valence-electron chi connectivity index (χ2n) is 5.09. The van der Waals surface area contributed by atoms with E-state index in [0.29, 0.717) is 12.0 Å². The first-order valence-corrected chi connectivity index (χ1v) is 7.73. The van der Waals surface area contributed by atoms with Crippen molar-refractivity contribution in [2.24, 2.45) is 11.1 Å². The van der Waals surface area contributed by atoms with Gasteiger partial charge in [-0.05, 0) is 49.9 Å². The molecule has 0 radical (unpaired) electrons. The van der Waals surface area contributed by atoms with Gasteiger partial charge in [0.15, 0.2) is 0 Å². The first-order valence-electron chi connectivity index (χ1n) is 6.18. The normalized spacial score (nSPS) is 13.6. The van der Waals surface area contributed by atoms with Gasteiger partial charge in [0.05, 0.1) is 4.90 Å². The third-order valence-electron chi connectivity index (χ3n) is 2.77. The Morgan fingerprint density at radius 1 is 1.11 bits per heavy atom. The summed E-state index contributed by atoms with van der Waals surface area (Å²) in [6.45, 7) is 6.53. The summed E-state index contributed by atoms with van der Waals surface area (Å²) >= 11 is 0. The summed E-state index contributed by atoms with van der Waals surface area (Å²) in [6.07, 6.45) is 2.26. The molecule has 0 bridgehead atoms. The fraction of sp³-hybridized carbons (Fsp3) is 0.538. The van der Waals surface area contributed by atoms with E-state index in [9.17, 15) is 8.42 Å². The Balaban J connectivity index is 2.59. The summed E-state index contributed by atoms with van der Waals surface area (Å²) < 4.78 is 22.2. The minimum Gasteiger partial charge on any atom is -0.383 e. The summed E-state index contributed by atoms with van der Waals surface area (Å²) in [6, 6.07) is 6.89. The maximum Gasteiger partial charge on any atom is 0.238 e. The zero-order valence-electron chi connectivity index (χ0n) is 11.2. The van der Waals surface area contributed by atoms with Crippen LogP contribution in [0, 0.1) is 5.92 Å². The van der Waals surface area contributed by atoms with Crippen molar-refractivity contribution in [3.63, 3.8) is 0 Å². The molecular formula is C13H22N2O2S. The predicted molar refractivity (Wildman–Crippen MR) is 75.0 cm³/mol. The topological polar surface area (TPSA) is 72.2 Å². The summed E-state index contributed by atoms with van der Waals surface area (Å²) in [5.41, 5.74) is 0.915. The lowest BCUT2D eigenvalue weighted by Gasteiger charge is -2.16. The Kier molecular flexibility index (Phi) is 5.16. The quantitative estimate of drug-likeness (QED) is 0.834. The number of benzene rings is 1. The molecule has 1 rings (SSSR count). The second kappa shape index (κ2) is 6.20. The number of anilines is 1. The molecule has 0 aliphatic rings. The molecule has 1 aromatic carbocycles. The number of nitrogens with one attached hydrogen (secondary N) is 1. The SMILES string of the molecule is CC(C)CCC(C)Nc1ccc(S(N)(=O)=O)cc1. The molecule has 0 heterocycles. The van der Waals surface area contributed by atoms with Crippen LogP contribution in [0.25, 0.3) is 0 Å². The number of primary sulfonamides is 1. The first-order chi connectivity index (χ1) is 8.29. The van der Waals surface area contributed by atoms with Crippen molar-refractivity contribution >= 4 is 15.7 Å². The van der Waals surface area contributed by atoms with Crippen LogP contribution < -0.4 is 10.5 Å². The molecule has 0 aliphatic heterocycles. The van der Waals surface area contributed by atoms with Gasteiger partial charge in [-0.25, -0.2) is 13.6 Å². The minimum absolute atomic E-state index is 0.142. The standard InChI is InChI=1S/C13H22N2O2S/c1-10(2)4-5-11(3)15-12-6-8-13(9-7-12)18(14,16)17/h6-11,15H,4-5H2,1-3H3,(H2,14,16,17). The van der Waals surface area contributed by atoms with E-state index in [0.717, 1.165) is 12.1 Å². The average molecular weight is 270 g/mol. The molecule has 1 atom stereocenters. The van der Waals surface area contributed by atoms with Crippen LogP contribution >= 0.6 is 0 Å². The van der Waals surface area contributed by atoms with Crippen LogP contribution in [0.2, 0.25) is 0 Å². The average Bonchev–Trinajstić information content (AvgIpc) is 2.26. The molecule has 0 fully saturated rings. The van der Waals surface area contributed by atoms with Gasteiger partial charge >= 0.3 is 0 Å². The van der Waals surface area contributed by atoms with Crippen LogP contribution in [0.5, 0.6) is 0 Å². The fourth-order valence-electron chi connectivity index (χ4n) is 1.68. The molecule has 0 saturated heterocycles. The van der Waals surface area contributed by atoms with Crippen LogP contribution in [0.15, 0.2) is 29.2 Å². The highest BCUT2D eigenvalue weighted by atomic mass is 32.2. The van der Waals surface area contributed by atoms with Gasteiger partial charge in [-0.15, -0.1) is 0 Å². The molecule has 5 heteroatoms. The fourth-order valence-corrected chi connectivity index (χ4v) is 2.20. The van der Waals surface area contributed by atoms with Crippen molar-refractivity contribution in [1.82, 2.24) is 0 Å². The molecule has 0 aliphatic carbocycles. The molecule has 0 amide bonds. The van der Waals surface area contributed by atoms with Crippen LogP contribution in [-0.4, -0.2) is 14.5 Å². The van der Waals surface area contributed by atoms with Gasteiger partial charge in [0.25, 0.3) is 0 Å². The van der Waals surface area contributed by atoms with Gasteiger partial charge in [-0.1, -0.05) is 13.8 Å². The summed E-state index contributed by atoms with van der Waals surface area (Å²) in [7, 11) is -3.60. The predicted octanol–water partition coefficient (Wildman–Crippen LogP) is 2.57. The lowest BCUT2D eigenvalue weighted by atomic mass is 10.0. The minimum atomic E-state index is -3.60. The van der Waals surface area contributed by atoms with Crippen LogP contribution in [0.4, 0.5) is 5.69 Å². The van der Waals surface area contributed by atoms with Gasteiger partial charge in [-0.2, -0.15) is 0 Å². The molecule has 0 aromatic heterocycles. The lowest BCUT2D eigenvalue weighted by Crippen LogP contribution is -2.16. The van der Waals surface area contributed by atoms with E-state index < -0.39 is 10.0 Å². The van der Waals surface area contributed by atoms with E-state index in [4.69, 9.17) is 5.14 Å². The van der Waals surface area contributed by atoms with Gasteiger partial charge in [-0.3, -0.25) is 0 Å². The summed E-state index contributed by atoms with van der Waals surface area (Å²) in [5.74, 6) is 0.694. The van der Waals surface area contributed by atoms with Crippen molar-refractivity contribution in [2.75, 3.05) is 5.32 Å². The van der Waals surface area contributed by atoms with E-state index in [1.165, 1.54) is 18.6 Å². The van der Waals surface area contributed by atoms with E-state index in [2.05, 4.69) is 26.1 Å². The van der Waals surface area contributed by atoms with Crippen molar-refractivity contribution in [1.29, 1.82) is 0 Å². The Morgan fingerprint density at radius 3 is 2.11 bits per heavy atom. The van der Waals surface area contributed by atoms with Gasteiger partial charge < -0.3 is 5.32 Å². The largest absolute Gasteiger partial charge is 0.383 e. The maximum atomic E-state index is 11.1. The number of rotatable bonds is 6. The Hall–Kier alpha value is -1.07. The van der Waals surface area contributed by atoms with Crippen LogP contribution in [0.3, 0.4) is 0 Å². The molecule has 18 heavy (non-hydrogen) atoms. The van der Waals surface area contributed by atoms with E-state index in [-0.39, 0.29) is 4.90 Å². The third-order valence-corrected chi connectivity index (χ3v) is 3.70. The van der Waals surface area contributed by atoms with Gasteiger partial charge in [0, 0.05) is 11.7 Å². The second-order valence-corrected chi connectivity index (χ2v) is 6.65. The molecule has 0 saturated carbocycles. The number of nitrogens with two attached hydrogens (primary N) is 1. The molecule has 1 unspecified atom stereocenters. The molecule has 4 nitrogen and oxygen atoms in total. The Morgan fingerprint density at radius 2 is 1.67 bits per heavy atom. The van der Waals surface area contributed by atoms with Crippen molar-refractivity contribution in [3.05, 3.63) is 24.3 Å². The number of hydrogen-bond acceptors (Lipinski definition) is 3. The van der Waals surface area contributed by atoms with Crippen molar-refractivity contribution in [2.45, 2.75) is 44.6 Å². The van der Waals surface area contributed by atoms with E-state index >= 15 is 0 Å². The third kappa shape index (κ3) is 5.06.